The van der Waals surface area contributed by atoms with E-state index in [2.05, 4.69) is 26.0 Å². The molecule has 0 radical (unpaired) electrons. The van der Waals surface area contributed by atoms with Crippen LogP contribution in [0.1, 0.15) is 47.9 Å². The minimum Gasteiger partial charge on any atom is -0.384 e. The van der Waals surface area contributed by atoms with Gasteiger partial charge in [-0.3, -0.25) is 9.69 Å². The molecule has 1 aromatic heterocycles. The fourth-order valence-corrected chi connectivity index (χ4v) is 5.73. The first-order valence-electron chi connectivity index (χ1n) is 9.91. The van der Waals surface area contributed by atoms with E-state index in [0.29, 0.717) is 34.8 Å². The van der Waals surface area contributed by atoms with Crippen molar-refractivity contribution < 1.29 is 4.79 Å². The lowest BCUT2D eigenvalue weighted by Gasteiger charge is -2.43. The summed E-state index contributed by atoms with van der Waals surface area (Å²) in [7, 11) is 0. The number of rotatable bonds is 2. The number of nitriles is 1. The number of nitrogens with two attached hydrogens (primary N) is 1. The molecule has 0 bridgehead atoms. The van der Waals surface area contributed by atoms with Crippen LogP contribution in [0, 0.1) is 30.6 Å². The lowest BCUT2D eigenvalue weighted by Crippen LogP contribution is -2.42. The van der Waals surface area contributed by atoms with Gasteiger partial charge in [-0.05, 0) is 61.6 Å². The molecule has 0 fully saturated rings. The molecule has 2 aliphatic rings. The minimum absolute atomic E-state index is 0.0914. The monoisotopic (exact) mass is 437 g/mol. The standard InChI is InChI=1S/C24H24ClN3OS/c1-13-9-17(14(2)30-13)21-18(12-26)23(27)28(16-7-5-15(25)6-8-16)19-10-24(3,4)11-20(29)22(19)21/h5-9,21H,10-11,27H2,1-4H3/t21-/m0/s1. The van der Waals surface area contributed by atoms with Gasteiger partial charge in [-0.1, -0.05) is 25.4 Å². The van der Waals surface area contributed by atoms with Crippen molar-refractivity contribution in [3.8, 4) is 6.07 Å². The second kappa shape index (κ2) is 7.30. The molecule has 154 valence electrons. The van der Waals surface area contributed by atoms with E-state index in [0.717, 1.165) is 26.7 Å². The average molecular weight is 438 g/mol. The van der Waals surface area contributed by atoms with E-state index < -0.39 is 5.92 Å². The Morgan fingerprint density at radius 2 is 1.90 bits per heavy atom. The van der Waals surface area contributed by atoms with E-state index in [1.807, 2.05) is 30.9 Å². The van der Waals surface area contributed by atoms with Gasteiger partial charge in [-0.2, -0.15) is 5.26 Å². The topological polar surface area (TPSA) is 70.1 Å². The van der Waals surface area contributed by atoms with Crippen LogP contribution in [0.5, 0.6) is 0 Å². The summed E-state index contributed by atoms with van der Waals surface area (Å²) in [4.78, 5) is 17.6. The zero-order chi connectivity index (χ0) is 21.8. The number of nitrogens with zero attached hydrogens (tertiary/aromatic N) is 2. The second-order valence-corrected chi connectivity index (χ2v) is 10.7. The van der Waals surface area contributed by atoms with Crippen molar-refractivity contribution in [3.05, 3.63) is 73.3 Å². The highest BCUT2D eigenvalue weighted by molar-refractivity contribution is 7.12. The van der Waals surface area contributed by atoms with Crippen molar-refractivity contribution in [2.45, 2.75) is 46.5 Å². The molecule has 0 saturated heterocycles. The molecular formula is C24H24ClN3OS. The number of ketones is 1. The Hall–Kier alpha value is -2.55. The quantitative estimate of drug-likeness (QED) is 0.629. The van der Waals surface area contributed by atoms with Gasteiger partial charge in [0.2, 0.25) is 0 Å². The van der Waals surface area contributed by atoms with Gasteiger partial charge in [-0.15, -0.1) is 11.3 Å². The maximum Gasteiger partial charge on any atom is 0.162 e. The van der Waals surface area contributed by atoms with Gasteiger partial charge in [0, 0.05) is 38.2 Å². The van der Waals surface area contributed by atoms with Crippen molar-refractivity contribution in [2.24, 2.45) is 11.1 Å². The van der Waals surface area contributed by atoms with Gasteiger partial charge in [0.25, 0.3) is 0 Å². The third-order valence-corrected chi connectivity index (χ3v) is 7.09. The molecule has 2 N–H and O–H groups in total. The Kier molecular flexibility index (Phi) is 5.04. The van der Waals surface area contributed by atoms with Gasteiger partial charge in [0.1, 0.15) is 5.82 Å². The number of Topliss-reactive ketones (excluding diaryl/α,β-unsaturated/α-hetero) is 1. The number of halogens is 1. The predicted octanol–water partition coefficient (Wildman–Crippen LogP) is 5.96. The van der Waals surface area contributed by atoms with E-state index in [9.17, 15) is 10.1 Å². The number of carbonyl (C=O) groups is 1. The van der Waals surface area contributed by atoms with Crippen molar-refractivity contribution in [1.29, 1.82) is 5.26 Å². The number of hydrogen-bond donors (Lipinski definition) is 1. The fraction of sp³-hybridized carbons (Fsp3) is 0.333. The van der Waals surface area contributed by atoms with Crippen LogP contribution in [0.2, 0.25) is 5.02 Å². The van der Waals surface area contributed by atoms with Crippen LogP contribution in [0.4, 0.5) is 5.69 Å². The van der Waals surface area contributed by atoms with Crippen molar-refractivity contribution >= 4 is 34.4 Å². The highest BCUT2D eigenvalue weighted by atomic mass is 35.5. The van der Waals surface area contributed by atoms with Crippen LogP contribution < -0.4 is 10.6 Å². The smallest absolute Gasteiger partial charge is 0.162 e. The highest BCUT2D eigenvalue weighted by Crippen LogP contribution is 2.51. The van der Waals surface area contributed by atoms with Gasteiger partial charge in [-0.25, -0.2) is 0 Å². The van der Waals surface area contributed by atoms with Gasteiger partial charge in [0.05, 0.1) is 17.6 Å². The summed E-state index contributed by atoms with van der Waals surface area (Å²) >= 11 is 7.77. The summed E-state index contributed by atoms with van der Waals surface area (Å²) in [5.74, 6) is 0.0631. The fourth-order valence-electron chi connectivity index (χ4n) is 4.64. The van der Waals surface area contributed by atoms with Crippen LogP contribution in [-0.4, -0.2) is 5.78 Å². The molecule has 1 aliphatic heterocycles. The average Bonchev–Trinajstić information content (AvgIpc) is 2.99. The molecule has 4 rings (SSSR count). The number of anilines is 1. The molecule has 0 unspecified atom stereocenters. The molecule has 0 amide bonds. The third-order valence-electron chi connectivity index (χ3n) is 5.86. The molecule has 2 aromatic rings. The lowest BCUT2D eigenvalue weighted by atomic mass is 9.68. The van der Waals surface area contributed by atoms with E-state index in [1.165, 1.54) is 0 Å². The van der Waals surface area contributed by atoms with Crippen LogP contribution in [0.25, 0.3) is 0 Å². The summed E-state index contributed by atoms with van der Waals surface area (Å²) in [6.07, 6.45) is 1.16. The number of hydrogen-bond acceptors (Lipinski definition) is 5. The van der Waals surface area contributed by atoms with Crippen LogP contribution in [0.15, 0.2) is 53.0 Å². The Morgan fingerprint density at radius 1 is 1.23 bits per heavy atom. The molecule has 1 atom stereocenters. The van der Waals surface area contributed by atoms with Crippen LogP contribution in [-0.2, 0) is 4.79 Å². The molecule has 4 nitrogen and oxygen atoms in total. The third kappa shape index (κ3) is 3.34. The molecule has 0 saturated carbocycles. The van der Waals surface area contributed by atoms with Crippen LogP contribution >= 0.6 is 22.9 Å². The molecule has 2 heterocycles. The van der Waals surface area contributed by atoms with E-state index >= 15 is 0 Å². The molecule has 1 aromatic carbocycles. The molecule has 1 aliphatic carbocycles. The van der Waals surface area contributed by atoms with Crippen molar-refractivity contribution in [1.82, 2.24) is 0 Å². The summed E-state index contributed by atoms with van der Waals surface area (Å²) in [5.41, 5.74) is 10.3. The van der Waals surface area contributed by atoms with Gasteiger partial charge in [0.15, 0.2) is 5.78 Å². The Balaban J connectivity index is 2.01. The number of carbonyl (C=O) groups excluding carboxylic acids is 1. The zero-order valence-corrected chi connectivity index (χ0v) is 19.1. The van der Waals surface area contributed by atoms with Crippen molar-refractivity contribution in [2.75, 3.05) is 4.90 Å². The zero-order valence-electron chi connectivity index (χ0n) is 17.5. The van der Waals surface area contributed by atoms with E-state index in [-0.39, 0.29) is 11.2 Å². The van der Waals surface area contributed by atoms with Gasteiger partial charge < -0.3 is 5.73 Å². The molecule has 6 heteroatoms. The molecule has 0 spiro atoms. The van der Waals surface area contributed by atoms with E-state index in [4.69, 9.17) is 17.3 Å². The number of aryl methyl sites for hydroxylation is 2. The molecular weight excluding hydrogens is 414 g/mol. The lowest BCUT2D eigenvalue weighted by molar-refractivity contribution is -0.118. The first-order chi connectivity index (χ1) is 14.1. The number of allylic oxidation sites excluding steroid dienone is 3. The Bertz CT molecular complexity index is 1150. The maximum atomic E-state index is 13.5. The van der Waals surface area contributed by atoms with Crippen molar-refractivity contribution in [3.63, 3.8) is 0 Å². The molecule has 30 heavy (non-hydrogen) atoms. The summed E-state index contributed by atoms with van der Waals surface area (Å²) in [5, 5.41) is 10.7. The highest BCUT2D eigenvalue weighted by Gasteiger charge is 2.45. The first kappa shape index (κ1) is 20.7. The number of benzene rings is 1. The second-order valence-electron chi connectivity index (χ2n) is 8.83. The van der Waals surface area contributed by atoms with Crippen LogP contribution in [0.3, 0.4) is 0 Å². The normalized spacial score (nSPS) is 21.0. The Labute approximate surface area is 186 Å². The van der Waals surface area contributed by atoms with Gasteiger partial charge >= 0.3 is 0 Å². The summed E-state index contributed by atoms with van der Waals surface area (Å²) in [6.45, 7) is 8.29. The predicted molar refractivity (Wildman–Crippen MR) is 122 cm³/mol. The largest absolute Gasteiger partial charge is 0.384 e. The minimum atomic E-state index is -0.415. The number of thiophene rings is 1. The maximum absolute atomic E-state index is 13.5. The first-order valence-corrected chi connectivity index (χ1v) is 11.1. The Morgan fingerprint density at radius 3 is 2.47 bits per heavy atom. The SMILES string of the molecule is Cc1cc([C@H]2C(C#N)=C(N)N(c3ccc(Cl)cc3)C3=C2C(=O)CC(C)(C)C3)c(C)s1. The summed E-state index contributed by atoms with van der Waals surface area (Å²) < 4.78 is 0. The summed E-state index contributed by atoms with van der Waals surface area (Å²) in [6, 6.07) is 11.8. The van der Waals surface area contributed by atoms with E-state index in [1.54, 1.807) is 23.5 Å².